The minimum Gasteiger partial charge on any atom is -0.389 e. The first-order chi connectivity index (χ1) is 8.93. The van der Waals surface area contributed by atoms with Gasteiger partial charge in [0.15, 0.2) is 0 Å². The van der Waals surface area contributed by atoms with Gasteiger partial charge in [-0.25, -0.2) is 0 Å². The number of rotatable bonds is 4. The van der Waals surface area contributed by atoms with Crippen molar-refractivity contribution in [3.63, 3.8) is 0 Å². The van der Waals surface area contributed by atoms with E-state index in [4.69, 9.17) is 4.74 Å². The number of hydrogen-bond donors (Lipinski definition) is 1. The molecular formula is C13H16F3NO2. The smallest absolute Gasteiger partial charge is 0.389 e. The number of nitrogens with zero attached hydrogens (tertiary/aromatic N) is 1. The number of aliphatic hydroxyl groups is 1. The van der Waals surface area contributed by atoms with Gasteiger partial charge in [-0.1, -0.05) is 6.07 Å². The van der Waals surface area contributed by atoms with Gasteiger partial charge in [-0.3, -0.25) is 0 Å². The topological polar surface area (TPSA) is 32.7 Å². The fraction of sp³-hybridized carbons (Fsp3) is 0.538. The summed E-state index contributed by atoms with van der Waals surface area (Å²) >= 11 is 0. The lowest BCUT2D eigenvalue weighted by Gasteiger charge is -2.23. The summed E-state index contributed by atoms with van der Waals surface area (Å²) in [5, 5.41) is 9.68. The Kier molecular flexibility index (Phi) is 4.01. The van der Waals surface area contributed by atoms with Crippen LogP contribution in [0.25, 0.3) is 0 Å². The SMILES string of the molecule is COC[C@H](O)CN1CCc2c1cccc2C(F)(F)F. The zero-order valence-electron chi connectivity index (χ0n) is 10.6. The van der Waals surface area contributed by atoms with Crippen molar-refractivity contribution in [2.24, 2.45) is 0 Å². The number of halogens is 3. The number of anilines is 1. The Morgan fingerprint density at radius 2 is 2.16 bits per heavy atom. The normalized spacial score (nSPS) is 16.6. The van der Waals surface area contributed by atoms with Gasteiger partial charge in [0.1, 0.15) is 0 Å². The lowest BCUT2D eigenvalue weighted by atomic mass is 10.0. The molecule has 3 nitrogen and oxygen atoms in total. The van der Waals surface area contributed by atoms with Crippen molar-refractivity contribution < 1.29 is 23.0 Å². The summed E-state index contributed by atoms with van der Waals surface area (Å²) in [6.07, 6.45) is -4.68. The molecule has 1 aromatic rings. The molecule has 1 N–H and O–H groups in total. The molecule has 0 spiro atoms. The van der Waals surface area contributed by atoms with Crippen LogP contribution in [-0.2, 0) is 17.3 Å². The number of β-amino-alcohol motifs (C(OH)–C–C–N with tert-alkyl or cyclic N) is 1. The Bertz CT molecular complexity index is 448. The molecule has 0 aromatic heterocycles. The molecule has 1 heterocycles. The van der Waals surface area contributed by atoms with E-state index in [1.807, 2.05) is 0 Å². The number of alkyl halides is 3. The second kappa shape index (κ2) is 5.38. The molecule has 2 rings (SSSR count). The Morgan fingerprint density at radius 1 is 1.42 bits per heavy atom. The van der Waals surface area contributed by atoms with E-state index in [-0.39, 0.29) is 13.2 Å². The molecule has 0 bridgehead atoms. The minimum absolute atomic E-state index is 0.171. The van der Waals surface area contributed by atoms with Crippen LogP contribution in [0.4, 0.5) is 18.9 Å². The predicted octanol–water partition coefficient (Wildman–Crippen LogP) is 2.08. The van der Waals surface area contributed by atoms with Gasteiger partial charge in [-0.05, 0) is 24.1 Å². The van der Waals surface area contributed by atoms with Crippen LogP contribution in [-0.4, -0.2) is 38.0 Å². The van der Waals surface area contributed by atoms with Crippen LogP contribution in [0.2, 0.25) is 0 Å². The Hall–Kier alpha value is -1.27. The molecule has 0 unspecified atom stereocenters. The molecular weight excluding hydrogens is 259 g/mol. The summed E-state index contributed by atoms with van der Waals surface area (Å²) in [7, 11) is 1.48. The number of hydrogen-bond acceptors (Lipinski definition) is 3. The fourth-order valence-electron chi connectivity index (χ4n) is 2.46. The third-order valence-electron chi connectivity index (χ3n) is 3.22. The van der Waals surface area contributed by atoms with E-state index in [0.29, 0.717) is 24.2 Å². The van der Waals surface area contributed by atoms with Gasteiger partial charge in [-0.2, -0.15) is 13.2 Å². The Morgan fingerprint density at radius 3 is 2.79 bits per heavy atom. The molecule has 1 aliphatic rings. The minimum atomic E-state index is -4.33. The molecule has 0 amide bonds. The molecule has 0 aliphatic carbocycles. The van der Waals surface area contributed by atoms with E-state index in [2.05, 4.69) is 0 Å². The van der Waals surface area contributed by atoms with Gasteiger partial charge in [0.05, 0.1) is 18.3 Å². The highest BCUT2D eigenvalue weighted by Gasteiger charge is 2.36. The lowest BCUT2D eigenvalue weighted by Crippen LogP contribution is -2.33. The van der Waals surface area contributed by atoms with E-state index in [1.165, 1.54) is 13.2 Å². The average Bonchev–Trinajstić information content (AvgIpc) is 2.71. The van der Waals surface area contributed by atoms with Crippen molar-refractivity contribution in [2.75, 3.05) is 31.7 Å². The fourth-order valence-corrected chi connectivity index (χ4v) is 2.46. The summed E-state index contributed by atoms with van der Waals surface area (Å²) in [4.78, 5) is 1.77. The monoisotopic (exact) mass is 275 g/mol. The lowest BCUT2D eigenvalue weighted by molar-refractivity contribution is -0.138. The number of benzene rings is 1. The maximum atomic E-state index is 12.9. The molecule has 19 heavy (non-hydrogen) atoms. The van der Waals surface area contributed by atoms with E-state index in [9.17, 15) is 18.3 Å². The highest BCUT2D eigenvalue weighted by Crippen LogP contribution is 2.39. The van der Waals surface area contributed by atoms with Gasteiger partial charge >= 0.3 is 6.18 Å². The number of methoxy groups -OCH3 is 1. The van der Waals surface area contributed by atoms with Crippen LogP contribution in [0.3, 0.4) is 0 Å². The maximum absolute atomic E-state index is 12.9. The maximum Gasteiger partial charge on any atom is 0.416 e. The largest absolute Gasteiger partial charge is 0.416 e. The highest BCUT2D eigenvalue weighted by molar-refractivity contribution is 5.61. The zero-order valence-corrected chi connectivity index (χ0v) is 10.6. The molecule has 1 aromatic carbocycles. The zero-order chi connectivity index (χ0) is 14.0. The number of ether oxygens (including phenoxy) is 1. The van der Waals surface area contributed by atoms with Crippen molar-refractivity contribution in [3.8, 4) is 0 Å². The summed E-state index contributed by atoms with van der Waals surface area (Å²) in [5.41, 5.74) is 0.304. The summed E-state index contributed by atoms with van der Waals surface area (Å²) in [6.45, 7) is 0.941. The third kappa shape index (κ3) is 3.01. The van der Waals surface area contributed by atoms with E-state index in [0.717, 1.165) is 6.07 Å². The van der Waals surface area contributed by atoms with Crippen LogP contribution in [0.1, 0.15) is 11.1 Å². The number of aliphatic hydroxyl groups excluding tert-OH is 1. The van der Waals surface area contributed by atoms with Crippen LogP contribution in [0, 0.1) is 0 Å². The van der Waals surface area contributed by atoms with Gasteiger partial charge in [-0.15, -0.1) is 0 Å². The quantitative estimate of drug-likeness (QED) is 0.913. The molecule has 0 saturated carbocycles. The van der Waals surface area contributed by atoms with Crippen LogP contribution >= 0.6 is 0 Å². The van der Waals surface area contributed by atoms with E-state index >= 15 is 0 Å². The van der Waals surface area contributed by atoms with Crippen molar-refractivity contribution in [1.82, 2.24) is 0 Å². The van der Waals surface area contributed by atoms with Crippen molar-refractivity contribution in [1.29, 1.82) is 0 Å². The Balaban J connectivity index is 2.21. The second-order valence-corrected chi connectivity index (χ2v) is 4.61. The number of fused-ring (bicyclic) bond motifs is 1. The molecule has 1 aliphatic heterocycles. The third-order valence-corrected chi connectivity index (χ3v) is 3.22. The average molecular weight is 275 g/mol. The van der Waals surface area contributed by atoms with E-state index < -0.39 is 17.8 Å². The molecule has 6 heteroatoms. The summed E-state index contributed by atoms with van der Waals surface area (Å²) in [6, 6.07) is 4.17. The van der Waals surface area contributed by atoms with Crippen LogP contribution < -0.4 is 4.90 Å². The first kappa shape index (κ1) is 14.1. The van der Waals surface area contributed by atoms with Crippen LogP contribution in [0.5, 0.6) is 0 Å². The first-order valence-corrected chi connectivity index (χ1v) is 6.04. The van der Waals surface area contributed by atoms with Crippen LogP contribution in [0.15, 0.2) is 18.2 Å². The van der Waals surface area contributed by atoms with Crippen molar-refractivity contribution in [2.45, 2.75) is 18.7 Å². The predicted molar refractivity (Wildman–Crippen MR) is 65.2 cm³/mol. The molecule has 106 valence electrons. The van der Waals surface area contributed by atoms with Gasteiger partial charge in [0, 0.05) is 25.9 Å². The van der Waals surface area contributed by atoms with Gasteiger partial charge in [0.25, 0.3) is 0 Å². The summed E-state index contributed by atoms with van der Waals surface area (Å²) < 4.78 is 43.4. The molecule has 0 fully saturated rings. The highest BCUT2D eigenvalue weighted by atomic mass is 19.4. The summed E-state index contributed by atoms with van der Waals surface area (Å²) in [5.74, 6) is 0. The molecule has 0 saturated heterocycles. The standard InChI is InChI=1S/C13H16F3NO2/c1-19-8-9(18)7-17-6-5-10-11(13(14,15)16)3-2-4-12(10)17/h2-4,9,18H,5-8H2,1H3/t9-/m1/s1. The van der Waals surface area contributed by atoms with Crippen molar-refractivity contribution >= 4 is 5.69 Å². The second-order valence-electron chi connectivity index (χ2n) is 4.61. The molecule has 1 atom stereocenters. The van der Waals surface area contributed by atoms with Gasteiger partial charge in [0.2, 0.25) is 0 Å². The van der Waals surface area contributed by atoms with Crippen molar-refractivity contribution in [3.05, 3.63) is 29.3 Å². The van der Waals surface area contributed by atoms with Gasteiger partial charge < -0.3 is 14.7 Å². The Labute approximate surface area is 109 Å². The molecule has 0 radical (unpaired) electrons. The van der Waals surface area contributed by atoms with E-state index in [1.54, 1.807) is 11.0 Å². The first-order valence-electron chi connectivity index (χ1n) is 6.04.